The third kappa shape index (κ3) is 3.37. The lowest BCUT2D eigenvalue weighted by Crippen LogP contribution is -2.48. The molecule has 1 amide bonds. The van der Waals surface area contributed by atoms with Crippen LogP contribution in [0.3, 0.4) is 0 Å². The smallest absolute Gasteiger partial charge is 0.388 e. The van der Waals surface area contributed by atoms with Gasteiger partial charge in [-0.25, -0.2) is 0 Å². The minimum absolute atomic E-state index is 0.000903. The van der Waals surface area contributed by atoms with E-state index in [0.29, 0.717) is 13.0 Å². The number of alkyl halides is 3. The summed E-state index contributed by atoms with van der Waals surface area (Å²) in [6.45, 7) is 3.66. The normalized spacial score (nSPS) is 19.9. The number of carbonyl (C=O) groups is 1. The fourth-order valence-corrected chi connectivity index (χ4v) is 2.74. The third-order valence-corrected chi connectivity index (χ3v) is 3.77. The summed E-state index contributed by atoms with van der Waals surface area (Å²) in [6, 6.07) is 4.03. The first-order valence-corrected chi connectivity index (χ1v) is 6.81. The molecular weight excluding hydrogens is 283 g/mol. The van der Waals surface area contributed by atoms with Crippen LogP contribution < -0.4 is 0 Å². The molecule has 1 unspecified atom stereocenters. The van der Waals surface area contributed by atoms with Crippen LogP contribution in [0.2, 0.25) is 0 Å². The predicted octanol–water partition coefficient (Wildman–Crippen LogP) is 3.08. The van der Waals surface area contributed by atoms with Crippen LogP contribution in [0.1, 0.15) is 42.6 Å². The molecule has 0 bridgehead atoms. The van der Waals surface area contributed by atoms with Gasteiger partial charge in [-0.05, 0) is 44.9 Å². The monoisotopic (exact) mass is 301 g/mol. The van der Waals surface area contributed by atoms with Crippen molar-refractivity contribution in [2.45, 2.75) is 44.5 Å². The molecule has 1 saturated heterocycles. The molecule has 3 nitrogen and oxygen atoms in total. The lowest BCUT2D eigenvalue weighted by atomic mass is 9.96. The van der Waals surface area contributed by atoms with E-state index in [9.17, 15) is 23.1 Å². The van der Waals surface area contributed by atoms with Gasteiger partial charge in [-0.3, -0.25) is 4.79 Å². The molecule has 1 aromatic carbocycles. The Morgan fingerprint density at radius 2 is 2.00 bits per heavy atom. The quantitative estimate of drug-likeness (QED) is 0.912. The van der Waals surface area contributed by atoms with Gasteiger partial charge < -0.3 is 10.0 Å². The lowest BCUT2D eigenvalue weighted by Gasteiger charge is -2.34. The number of rotatable bonds is 2. The lowest BCUT2D eigenvalue weighted by molar-refractivity contribution is -0.137. The maximum Gasteiger partial charge on any atom is 0.416 e. The van der Waals surface area contributed by atoms with Crippen molar-refractivity contribution < 1.29 is 23.1 Å². The molecule has 6 heteroatoms. The van der Waals surface area contributed by atoms with Crippen molar-refractivity contribution >= 4 is 5.91 Å². The molecular formula is C15H18F3NO2. The van der Waals surface area contributed by atoms with Crippen molar-refractivity contribution in [2.75, 3.05) is 6.54 Å². The fourth-order valence-electron chi connectivity index (χ4n) is 2.74. The second kappa shape index (κ2) is 5.33. The van der Waals surface area contributed by atoms with Crippen LogP contribution >= 0.6 is 0 Å². The molecule has 1 aliphatic rings. The van der Waals surface area contributed by atoms with Gasteiger partial charge in [0, 0.05) is 12.1 Å². The molecule has 1 heterocycles. The van der Waals surface area contributed by atoms with E-state index in [-0.39, 0.29) is 11.6 Å². The predicted molar refractivity (Wildman–Crippen MR) is 71.8 cm³/mol. The van der Waals surface area contributed by atoms with Crippen molar-refractivity contribution in [2.24, 2.45) is 0 Å². The summed E-state index contributed by atoms with van der Waals surface area (Å²) in [7, 11) is 0. The van der Waals surface area contributed by atoms with E-state index in [4.69, 9.17) is 0 Å². The minimum Gasteiger partial charge on any atom is -0.388 e. The highest BCUT2D eigenvalue weighted by Crippen LogP contribution is 2.31. The molecule has 1 atom stereocenters. The first kappa shape index (κ1) is 15.8. The van der Waals surface area contributed by atoms with Crippen molar-refractivity contribution in [3.63, 3.8) is 0 Å². The molecule has 1 fully saturated rings. The second-order valence-electron chi connectivity index (χ2n) is 5.89. The van der Waals surface area contributed by atoms with Crippen LogP contribution in [0.15, 0.2) is 24.3 Å². The molecule has 0 spiro atoms. The molecule has 1 aromatic rings. The number of hydrogen-bond donors (Lipinski definition) is 1. The van der Waals surface area contributed by atoms with Crippen molar-refractivity contribution in [3.8, 4) is 0 Å². The van der Waals surface area contributed by atoms with Crippen LogP contribution in [0.4, 0.5) is 13.2 Å². The van der Waals surface area contributed by atoms with Crippen LogP contribution in [-0.4, -0.2) is 34.1 Å². The Labute approximate surface area is 121 Å². The van der Waals surface area contributed by atoms with E-state index in [0.717, 1.165) is 18.6 Å². The zero-order valence-corrected chi connectivity index (χ0v) is 11.9. The van der Waals surface area contributed by atoms with Crippen LogP contribution in [0.25, 0.3) is 0 Å². The Hall–Kier alpha value is -1.56. The fraction of sp³-hybridized carbons (Fsp3) is 0.533. The van der Waals surface area contributed by atoms with Gasteiger partial charge in [-0.2, -0.15) is 13.2 Å². The highest BCUT2D eigenvalue weighted by molar-refractivity contribution is 5.94. The minimum atomic E-state index is -4.48. The number of nitrogens with zero attached hydrogens (tertiary/aromatic N) is 1. The number of likely N-dealkylation sites (tertiary alicyclic amines) is 1. The van der Waals surface area contributed by atoms with Gasteiger partial charge in [0.1, 0.15) is 0 Å². The molecule has 0 radical (unpaired) electrons. The number of amides is 1. The molecule has 2 rings (SSSR count). The molecule has 1 aliphatic heterocycles. The summed E-state index contributed by atoms with van der Waals surface area (Å²) >= 11 is 0. The summed E-state index contributed by atoms with van der Waals surface area (Å²) in [6.07, 6.45) is -3.09. The number of halogens is 3. The standard InChI is InChI=1S/C15H18F3NO2/c1-14(2,21)12-7-4-8-19(12)13(20)10-5-3-6-11(9-10)15(16,17)18/h3,5-6,9,12,21H,4,7-8H2,1-2H3. The van der Waals surface area contributed by atoms with Gasteiger partial charge in [-0.15, -0.1) is 0 Å². The van der Waals surface area contributed by atoms with Gasteiger partial charge in [0.05, 0.1) is 17.2 Å². The molecule has 1 N–H and O–H groups in total. The van der Waals surface area contributed by atoms with Crippen molar-refractivity contribution in [1.82, 2.24) is 4.90 Å². The Balaban J connectivity index is 2.28. The Kier molecular flexibility index (Phi) is 4.02. The highest BCUT2D eigenvalue weighted by atomic mass is 19.4. The molecule has 0 aromatic heterocycles. The van der Waals surface area contributed by atoms with E-state index >= 15 is 0 Å². The Bertz CT molecular complexity index is 534. The summed E-state index contributed by atoms with van der Waals surface area (Å²) < 4.78 is 38.1. The zero-order chi connectivity index (χ0) is 15.8. The van der Waals surface area contributed by atoms with Crippen molar-refractivity contribution in [3.05, 3.63) is 35.4 Å². The zero-order valence-electron chi connectivity index (χ0n) is 11.9. The molecule has 21 heavy (non-hydrogen) atoms. The highest BCUT2D eigenvalue weighted by Gasteiger charge is 2.39. The van der Waals surface area contributed by atoms with E-state index in [1.165, 1.54) is 17.0 Å². The Morgan fingerprint density at radius 1 is 1.33 bits per heavy atom. The number of benzene rings is 1. The maximum absolute atomic E-state index is 12.7. The van der Waals surface area contributed by atoms with Crippen molar-refractivity contribution in [1.29, 1.82) is 0 Å². The number of aliphatic hydroxyl groups is 1. The SMILES string of the molecule is CC(C)(O)C1CCCN1C(=O)c1cccc(C(F)(F)F)c1. The topological polar surface area (TPSA) is 40.5 Å². The largest absolute Gasteiger partial charge is 0.416 e. The van der Waals surface area contributed by atoms with E-state index in [1.54, 1.807) is 13.8 Å². The summed E-state index contributed by atoms with van der Waals surface area (Å²) in [4.78, 5) is 13.9. The molecule has 0 saturated carbocycles. The van der Waals surface area contributed by atoms with Gasteiger partial charge in [0.2, 0.25) is 0 Å². The van der Waals surface area contributed by atoms with Gasteiger partial charge in [0.25, 0.3) is 5.91 Å². The van der Waals surface area contributed by atoms with Crippen LogP contribution in [0, 0.1) is 0 Å². The first-order chi connectivity index (χ1) is 9.60. The first-order valence-electron chi connectivity index (χ1n) is 6.81. The van der Waals surface area contributed by atoms with Crippen LogP contribution in [-0.2, 0) is 6.18 Å². The van der Waals surface area contributed by atoms with E-state index in [2.05, 4.69) is 0 Å². The van der Waals surface area contributed by atoms with E-state index < -0.39 is 23.2 Å². The number of carbonyl (C=O) groups excluding carboxylic acids is 1. The average molecular weight is 301 g/mol. The average Bonchev–Trinajstić information content (AvgIpc) is 2.86. The Morgan fingerprint density at radius 3 is 2.57 bits per heavy atom. The number of hydrogen-bond acceptors (Lipinski definition) is 2. The van der Waals surface area contributed by atoms with Gasteiger partial charge in [-0.1, -0.05) is 6.07 Å². The van der Waals surface area contributed by atoms with Gasteiger partial charge >= 0.3 is 6.18 Å². The van der Waals surface area contributed by atoms with E-state index in [1.807, 2.05) is 0 Å². The summed E-state index contributed by atoms with van der Waals surface area (Å²) in [5.41, 5.74) is -1.92. The maximum atomic E-state index is 12.7. The molecule has 116 valence electrons. The third-order valence-electron chi connectivity index (χ3n) is 3.77. The summed E-state index contributed by atoms with van der Waals surface area (Å²) in [5.74, 6) is -0.467. The summed E-state index contributed by atoms with van der Waals surface area (Å²) in [5, 5.41) is 10.1. The second-order valence-corrected chi connectivity index (χ2v) is 5.89. The van der Waals surface area contributed by atoms with Crippen LogP contribution in [0.5, 0.6) is 0 Å². The molecule has 0 aliphatic carbocycles. The van der Waals surface area contributed by atoms with Gasteiger partial charge in [0.15, 0.2) is 0 Å².